The van der Waals surface area contributed by atoms with Crippen LogP contribution in [0.25, 0.3) is 0 Å². The van der Waals surface area contributed by atoms with Gasteiger partial charge >= 0.3 is 0 Å². The van der Waals surface area contributed by atoms with Crippen LogP contribution in [0.1, 0.15) is 46.5 Å². The Morgan fingerprint density at radius 3 is 2.74 bits per heavy atom. The third-order valence-corrected chi connectivity index (χ3v) is 6.55. The summed E-state index contributed by atoms with van der Waals surface area (Å²) in [6, 6.07) is 0. The summed E-state index contributed by atoms with van der Waals surface area (Å²) in [5, 5.41) is 0.431. The molecule has 0 aromatic heterocycles. The van der Waals surface area contributed by atoms with Crippen molar-refractivity contribution < 1.29 is 18.7 Å². The van der Waals surface area contributed by atoms with Crippen molar-refractivity contribution in [3.05, 3.63) is 0 Å². The molecule has 0 aromatic rings. The minimum absolute atomic E-state index is 0.285. The van der Waals surface area contributed by atoms with Crippen LogP contribution in [0.2, 0.25) is 0 Å². The van der Waals surface area contributed by atoms with Crippen LogP contribution in [0.15, 0.2) is 0 Å². The molecule has 0 amide bonds. The van der Waals surface area contributed by atoms with Gasteiger partial charge in [0.2, 0.25) is 12.1 Å². The predicted octanol–water partition coefficient (Wildman–Crippen LogP) is 3.27. The fourth-order valence-corrected chi connectivity index (χ4v) is 5.48. The lowest BCUT2D eigenvalue weighted by molar-refractivity contribution is -0.552. The third kappa shape index (κ3) is 1.62. The zero-order valence-corrected chi connectivity index (χ0v) is 12.6. The van der Waals surface area contributed by atoms with Gasteiger partial charge in [0, 0.05) is 17.6 Å². The normalized spacial score (nSPS) is 60.5. The van der Waals surface area contributed by atoms with Crippen LogP contribution in [0.3, 0.4) is 0 Å². The SMILES string of the molecule is C[C@@H]1CC[C@H]2[C@@H](C)SO[C@@H]3OC4(C)CC[C@@H]1C32OO4. The van der Waals surface area contributed by atoms with E-state index in [0.717, 1.165) is 12.8 Å². The lowest BCUT2D eigenvalue weighted by Gasteiger charge is -2.58. The minimum atomic E-state index is -0.640. The van der Waals surface area contributed by atoms with Crippen LogP contribution in [0, 0.1) is 17.8 Å². The zero-order chi connectivity index (χ0) is 13.3. The maximum Gasteiger partial charge on any atom is 0.206 e. The maximum absolute atomic E-state index is 6.14. The standard InChI is InChI=1S/C14H22O4S/c1-8-4-5-11-9(2)19-16-12-14(11)10(8)6-7-13(3,15-12)17-18-14/h8-12H,4-7H2,1-3H3/t8-,9-,10+,11+,12+,13?,14?/m1/s1. The minimum Gasteiger partial charge on any atom is -0.314 e. The molecular formula is C14H22O4S. The monoisotopic (exact) mass is 286 g/mol. The fraction of sp³-hybridized carbons (Fsp3) is 1.00. The lowest BCUT2D eigenvalue weighted by atomic mass is 9.61. The second-order valence-corrected chi connectivity index (χ2v) is 7.94. The molecule has 7 atom stereocenters. The first kappa shape index (κ1) is 12.9. The Balaban J connectivity index is 1.81. The predicted molar refractivity (Wildman–Crippen MR) is 70.9 cm³/mol. The first-order valence-corrected chi connectivity index (χ1v) is 8.22. The van der Waals surface area contributed by atoms with Gasteiger partial charge in [0.25, 0.3) is 0 Å². The first-order valence-electron chi connectivity index (χ1n) is 7.42. The molecule has 4 heterocycles. The van der Waals surface area contributed by atoms with Gasteiger partial charge in [-0.05, 0) is 50.1 Å². The summed E-state index contributed by atoms with van der Waals surface area (Å²) in [5.74, 6) is 0.938. The van der Waals surface area contributed by atoms with Gasteiger partial charge < -0.3 is 4.74 Å². The highest BCUT2D eigenvalue weighted by molar-refractivity contribution is 7.95. The molecule has 4 aliphatic heterocycles. The summed E-state index contributed by atoms with van der Waals surface area (Å²) in [5.41, 5.74) is -0.391. The first-order chi connectivity index (χ1) is 9.05. The van der Waals surface area contributed by atoms with Crippen LogP contribution >= 0.6 is 12.0 Å². The summed E-state index contributed by atoms with van der Waals surface area (Å²) in [6.07, 6.45) is 4.15. The van der Waals surface area contributed by atoms with E-state index < -0.39 is 11.4 Å². The van der Waals surface area contributed by atoms with Gasteiger partial charge in [-0.2, -0.15) is 0 Å². The Hall–Kier alpha value is 0.190. The van der Waals surface area contributed by atoms with Gasteiger partial charge in [0.1, 0.15) is 0 Å². The van der Waals surface area contributed by atoms with Gasteiger partial charge in [-0.15, -0.1) is 0 Å². The van der Waals surface area contributed by atoms with E-state index in [0.29, 0.717) is 23.0 Å². The van der Waals surface area contributed by atoms with Gasteiger partial charge in [-0.25, -0.2) is 9.78 Å². The summed E-state index contributed by atoms with van der Waals surface area (Å²) >= 11 is 1.56. The van der Waals surface area contributed by atoms with E-state index in [1.165, 1.54) is 12.8 Å². The number of ether oxygens (including phenoxy) is 1. The van der Waals surface area contributed by atoms with Crippen molar-refractivity contribution in [2.24, 2.45) is 17.8 Å². The molecule has 0 aromatic carbocycles. The molecule has 2 bridgehead atoms. The van der Waals surface area contributed by atoms with Crippen molar-refractivity contribution in [1.29, 1.82) is 0 Å². The molecule has 5 fully saturated rings. The van der Waals surface area contributed by atoms with Gasteiger partial charge in [-0.1, -0.05) is 13.8 Å². The van der Waals surface area contributed by atoms with Crippen LogP contribution in [0.4, 0.5) is 0 Å². The molecule has 0 radical (unpaired) electrons. The van der Waals surface area contributed by atoms with Crippen LogP contribution in [-0.2, 0) is 18.7 Å². The van der Waals surface area contributed by atoms with Crippen molar-refractivity contribution in [2.45, 2.75) is 69.4 Å². The van der Waals surface area contributed by atoms with E-state index in [1.807, 2.05) is 6.92 Å². The molecule has 4 nitrogen and oxygen atoms in total. The van der Waals surface area contributed by atoms with Crippen LogP contribution < -0.4 is 0 Å². The Morgan fingerprint density at radius 2 is 1.89 bits per heavy atom. The Bertz CT molecular complexity index is 392. The molecular weight excluding hydrogens is 264 g/mol. The highest BCUT2D eigenvalue weighted by atomic mass is 32.2. The summed E-state index contributed by atoms with van der Waals surface area (Å²) < 4.78 is 12.1. The quantitative estimate of drug-likeness (QED) is 0.504. The van der Waals surface area contributed by atoms with Gasteiger partial charge in [0.05, 0.1) is 0 Å². The Morgan fingerprint density at radius 1 is 1.05 bits per heavy atom. The summed E-state index contributed by atoms with van der Waals surface area (Å²) in [7, 11) is 0. The molecule has 5 aliphatic rings. The lowest BCUT2D eigenvalue weighted by Crippen LogP contribution is -2.67. The fourth-order valence-electron chi connectivity index (χ4n) is 4.53. The Kier molecular flexibility index (Phi) is 2.79. The van der Waals surface area contributed by atoms with Crippen molar-refractivity contribution in [3.63, 3.8) is 0 Å². The molecule has 2 unspecified atom stereocenters. The topological polar surface area (TPSA) is 36.9 Å². The smallest absolute Gasteiger partial charge is 0.206 e. The van der Waals surface area contributed by atoms with Gasteiger partial charge in [-0.3, -0.25) is 4.18 Å². The summed E-state index contributed by atoms with van der Waals surface area (Å²) in [6.45, 7) is 6.53. The molecule has 5 rings (SSSR count). The molecule has 5 heteroatoms. The van der Waals surface area contributed by atoms with E-state index in [9.17, 15) is 0 Å². The van der Waals surface area contributed by atoms with Gasteiger partial charge in [0.15, 0.2) is 5.60 Å². The average molecular weight is 286 g/mol. The van der Waals surface area contributed by atoms with Crippen LogP contribution in [-0.4, -0.2) is 22.9 Å². The second kappa shape index (κ2) is 4.10. The Labute approximate surface area is 118 Å². The molecule has 1 spiro atoms. The highest BCUT2D eigenvalue weighted by Gasteiger charge is 2.68. The zero-order valence-electron chi connectivity index (χ0n) is 11.8. The maximum atomic E-state index is 6.14. The van der Waals surface area contributed by atoms with E-state index in [2.05, 4.69) is 13.8 Å². The van der Waals surface area contributed by atoms with E-state index in [-0.39, 0.29) is 6.29 Å². The average Bonchev–Trinajstić information content (AvgIpc) is 2.61. The van der Waals surface area contributed by atoms with Crippen LogP contribution in [0.5, 0.6) is 0 Å². The summed E-state index contributed by atoms with van der Waals surface area (Å²) in [4.78, 5) is 11.7. The molecule has 1 aliphatic carbocycles. The number of rotatable bonds is 0. The van der Waals surface area contributed by atoms with Crippen molar-refractivity contribution >= 4 is 12.0 Å². The number of fused-ring (bicyclic) bond motifs is 2. The molecule has 19 heavy (non-hydrogen) atoms. The van der Waals surface area contributed by atoms with Crippen molar-refractivity contribution in [3.8, 4) is 0 Å². The van der Waals surface area contributed by atoms with Crippen molar-refractivity contribution in [1.82, 2.24) is 0 Å². The van der Waals surface area contributed by atoms with E-state index in [1.54, 1.807) is 12.0 Å². The highest BCUT2D eigenvalue weighted by Crippen LogP contribution is 2.60. The molecule has 1 saturated carbocycles. The molecule has 4 saturated heterocycles. The second-order valence-electron chi connectivity index (χ2n) is 6.81. The third-order valence-electron chi connectivity index (χ3n) is 5.64. The molecule has 108 valence electrons. The van der Waals surface area contributed by atoms with E-state index >= 15 is 0 Å². The largest absolute Gasteiger partial charge is 0.314 e. The number of hydrogen-bond donors (Lipinski definition) is 0. The van der Waals surface area contributed by atoms with E-state index in [4.69, 9.17) is 18.7 Å². The van der Waals surface area contributed by atoms with Crippen molar-refractivity contribution in [2.75, 3.05) is 0 Å². The molecule has 0 N–H and O–H groups in total. The number of hydrogen-bond acceptors (Lipinski definition) is 5.